The topological polar surface area (TPSA) is 37.6 Å². The van der Waals surface area contributed by atoms with Crippen LogP contribution in [-0.4, -0.2) is 40.8 Å². The highest BCUT2D eigenvalue weighted by molar-refractivity contribution is 7.98. The van der Waals surface area contributed by atoms with Crippen molar-refractivity contribution in [1.82, 2.24) is 9.38 Å². The Morgan fingerprint density at radius 1 is 1.71 bits per heavy atom. The molecule has 17 heavy (non-hydrogen) atoms. The quantitative estimate of drug-likeness (QED) is 0.781. The predicted octanol–water partition coefficient (Wildman–Crippen LogP) is 2.40. The van der Waals surface area contributed by atoms with Crippen LogP contribution >= 0.6 is 23.1 Å². The minimum atomic E-state index is 0.355. The van der Waals surface area contributed by atoms with Gasteiger partial charge in [0.15, 0.2) is 17.1 Å². The Morgan fingerprint density at radius 2 is 2.47 bits per heavy atom. The number of hydrogen-bond acceptors (Lipinski definition) is 5. The minimum absolute atomic E-state index is 0.355. The summed E-state index contributed by atoms with van der Waals surface area (Å²) >= 11 is 3.33. The molecule has 0 saturated carbocycles. The Labute approximate surface area is 109 Å². The van der Waals surface area contributed by atoms with Crippen LogP contribution in [0.25, 0.3) is 4.96 Å². The van der Waals surface area contributed by atoms with Gasteiger partial charge in [-0.2, -0.15) is 11.8 Å². The fourth-order valence-electron chi connectivity index (χ4n) is 1.72. The van der Waals surface area contributed by atoms with E-state index in [1.807, 2.05) is 23.0 Å². The molecule has 6 heteroatoms. The van der Waals surface area contributed by atoms with Gasteiger partial charge in [-0.15, -0.1) is 11.3 Å². The third-order valence-corrected chi connectivity index (χ3v) is 4.37. The smallest absolute Gasteiger partial charge is 0.196 e. The second-order valence-electron chi connectivity index (χ2n) is 3.91. The molecule has 0 radical (unpaired) electrons. The van der Waals surface area contributed by atoms with E-state index >= 15 is 0 Å². The first-order chi connectivity index (χ1) is 8.19. The van der Waals surface area contributed by atoms with Crippen LogP contribution in [0.4, 0.5) is 5.82 Å². The van der Waals surface area contributed by atoms with Gasteiger partial charge < -0.3 is 4.90 Å². The molecule has 2 aromatic rings. The van der Waals surface area contributed by atoms with Gasteiger partial charge in [0.1, 0.15) is 5.69 Å². The van der Waals surface area contributed by atoms with Crippen LogP contribution in [0.2, 0.25) is 0 Å². The van der Waals surface area contributed by atoms with Crippen molar-refractivity contribution >= 4 is 40.2 Å². The average Bonchev–Trinajstić information content (AvgIpc) is 2.87. The molecule has 0 saturated heterocycles. The lowest BCUT2D eigenvalue weighted by Crippen LogP contribution is -2.31. The number of imidazole rings is 1. The molecule has 0 N–H and O–H groups in total. The Morgan fingerprint density at radius 3 is 3.12 bits per heavy atom. The molecule has 0 bridgehead atoms. The highest BCUT2D eigenvalue weighted by Crippen LogP contribution is 2.24. The fourth-order valence-corrected chi connectivity index (χ4v) is 3.14. The van der Waals surface area contributed by atoms with Gasteiger partial charge in [0, 0.05) is 30.4 Å². The maximum Gasteiger partial charge on any atom is 0.196 e. The summed E-state index contributed by atoms with van der Waals surface area (Å²) in [7, 11) is 1.99. The van der Waals surface area contributed by atoms with E-state index in [9.17, 15) is 4.79 Å². The van der Waals surface area contributed by atoms with Crippen molar-refractivity contribution in [3.05, 3.63) is 17.3 Å². The first-order valence-corrected chi connectivity index (χ1v) is 7.59. The molecule has 0 fully saturated rings. The Kier molecular flexibility index (Phi) is 3.73. The molecule has 0 spiro atoms. The molecular weight excluding hydrogens is 254 g/mol. The van der Waals surface area contributed by atoms with Gasteiger partial charge >= 0.3 is 0 Å². The van der Waals surface area contributed by atoms with Crippen molar-refractivity contribution in [2.45, 2.75) is 13.0 Å². The largest absolute Gasteiger partial charge is 0.354 e. The lowest BCUT2D eigenvalue weighted by Gasteiger charge is -2.24. The summed E-state index contributed by atoms with van der Waals surface area (Å²) in [6.45, 7) is 2.14. The summed E-state index contributed by atoms with van der Waals surface area (Å²) in [5, 5.41) is 1.93. The highest BCUT2D eigenvalue weighted by Gasteiger charge is 2.19. The number of aromatic nitrogens is 2. The molecule has 0 aliphatic heterocycles. The molecular formula is C11H15N3OS2. The number of carbonyl (C=O) groups is 1. The van der Waals surface area contributed by atoms with Crippen molar-refractivity contribution < 1.29 is 4.79 Å². The maximum atomic E-state index is 11.2. The van der Waals surface area contributed by atoms with Gasteiger partial charge in [-0.1, -0.05) is 0 Å². The monoisotopic (exact) mass is 269 g/mol. The van der Waals surface area contributed by atoms with E-state index in [2.05, 4.69) is 23.1 Å². The molecule has 0 aliphatic carbocycles. The molecule has 2 rings (SSSR count). The zero-order valence-corrected chi connectivity index (χ0v) is 11.7. The summed E-state index contributed by atoms with van der Waals surface area (Å²) in [4.78, 5) is 18.6. The summed E-state index contributed by atoms with van der Waals surface area (Å²) in [6, 6.07) is 0.355. The number of fused-ring (bicyclic) bond motifs is 1. The van der Waals surface area contributed by atoms with Crippen LogP contribution in [0.3, 0.4) is 0 Å². The van der Waals surface area contributed by atoms with E-state index in [4.69, 9.17) is 0 Å². The van der Waals surface area contributed by atoms with E-state index in [-0.39, 0.29) is 0 Å². The summed E-state index contributed by atoms with van der Waals surface area (Å²) in [5.41, 5.74) is 0.636. The lowest BCUT2D eigenvalue weighted by molar-refractivity contribution is 0.111. The fraction of sp³-hybridized carbons (Fsp3) is 0.455. The van der Waals surface area contributed by atoms with Crippen molar-refractivity contribution in [3.63, 3.8) is 0 Å². The third-order valence-electron chi connectivity index (χ3n) is 2.79. The summed E-state index contributed by atoms with van der Waals surface area (Å²) in [5.74, 6) is 1.79. The number of hydrogen-bond donors (Lipinski definition) is 0. The average molecular weight is 269 g/mol. The summed E-state index contributed by atoms with van der Waals surface area (Å²) < 4.78 is 1.84. The second kappa shape index (κ2) is 5.10. The van der Waals surface area contributed by atoms with E-state index in [0.717, 1.165) is 22.8 Å². The molecule has 2 heterocycles. The first kappa shape index (κ1) is 12.4. The van der Waals surface area contributed by atoms with Crippen LogP contribution in [0.1, 0.15) is 17.4 Å². The molecule has 1 atom stereocenters. The second-order valence-corrected chi connectivity index (χ2v) is 5.69. The van der Waals surface area contributed by atoms with Gasteiger partial charge in [-0.05, 0) is 13.2 Å². The molecule has 2 aromatic heterocycles. The van der Waals surface area contributed by atoms with Crippen molar-refractivity contribution in [2.24, 2.45) is 0 Å². The summed E-state index contributed by atoms with van der Waals surface area (Å²) in [6.07, 6.45) is 4.84. The van der Waals surface area contributed by atoms with Crippen LogP contribution in [0, 0.1) is 0 Å². The zero-order chi connectivity index (χ0) is 12.4. The number of thiazole rings is 1. The van der Waals surface area contributed by atoms with E-state index in [1.165, 1.54) is 0 Å². The van der Waals surface area contributed by atoms with Crippen molar-refractivity contribution in [3.8, 4) is 0 Å². The molecule has 0 aromatic carbocycles. The molecule has 0 aliphatic rings. The first-order valence-electron chi connectivity index (χ1n) is 5.31. The van der Waals surface area contributed by atoms with Gasteiger partial charge in [-0.25, -0.2) is 4.98 Å². The lowest BCUT2D eigenvalue weighted by atomic mass is 10.3. The van der Waals surface area contributed by atoms with E-state index in [0.29, 0.717) is 11.7 Å². The van der Waals surface area contributed by atoms with E-state index < -0.39 is 0 Å². The Balaban J connectivity index is 2.40. The van der Waals surface area contributed by atoms with Gasteiger partial charge in [0.25, 0.3) is 0 Å². The van der Waals surface area contributed by atoms with Crippen LogP contribution in [0.5, 0.6) is 0 Å². The SMILES string of the molecule is CSCC(C)N(C)c1nc2sccn2c1C=O. The molecule has 4 nitrogen and oxygen atoms in total. The van der Waals surface area contributed by atoms with Crippen molar-refractivity contribution in [1.29, 1.82) is 0 Å². The van der Waals surface area contributed by atoms with Crippen molar-refractivity contribution in [2.75, 3.05) is 24.0 Å². The van der Waals surface area contributed by atoms with Crippen LogP contribution < -0.4 is 4.90 Å². The number of nitrogens with zero attached hydrogens (tertiary/aromatic N) is 3. The van der Waals surface area contributed by atoms with Gasteiger partial charge in [0.05, 0.1) is 0 Å². The highest BCUT2D eigenvalue weighted by atomic mass is 32.2. The van der Waals surface area contributed by atoms with E-state index in [1.54, 1.807) is 23.1 Å². The predicted molar refractivity (Wildman–Crippen MR) is 74.7 cm³/mol. The standard InChI is InChI=1S/C11H15N3OS2/c1-8(7-16-3)13(2)10-9(6-15)14-4-5-17-11(14)12-10/h4-6,8H,7H2,1-3H3. The van der Waals surface area contributed by atoms with Gasteiger partial charge in [0.2, 0.25) is 0 Å². The molecule has 92 valence electrons. The number of aldehydes is 1. The van der Waals surface area contributed by atoms with Crippen LogP contribution in [-0.2, 0) is 0 Å². The Bertz CT molecular complexity index is 520. The molecule has 0 amide bonds. The Hall–Kier alpha value is -1.01. The zero-order valence-electron chi connectivity index (χ0n) is 10.1. The normalized spacial score (nSPS) is 12.9. The molecule has 1 unspecified atom stereocenters. The third kappa shape index (κ3) is 2.19. The van der Waals surface area contributed by atoms with Gasteiger partial charge in [-0.3, -0.25) is 9.20 Å². The number of carbonyl (C=O) groups excluding carboxylic acids is 1. The number of rotatable bonds is 5. The maximum absolute atomic E-state index is 11.2. The number of anilines is 1. The minimum Gasteiger partial charge on any atom is -0.354 e. The van der Waals surface area contributed by atoms with Crippen LogP contribution in [0.15, 0.2) is 11.6 Å². The number of thioether (sulfide) groups is 1.